The molecule has 2 aromatic rings. The van der Waals surface area contributed by atoms with Crippen LogP contribution in [-0.4, -0.2) is 17.3 Å². The monoisotopic (exact) mass is 229 g/mol. The van der Waals surface area contributed by atoms with Crippen molar-refractivity contribution in [3.05, 3.63) is 47.7 Å². The summed E-state index contributed by atoms with van der Waals surface area (Å²) in [6.07, 6.45) is 1.76. The molecule has 17 heavy (non-hydrogen) atoms. The molecule has 0 amide bonds. The lowest BCUT2D eigenvalue weighted by Crippen LogP contribution is -1.99. The van der Waals surface area contributed by atoms with Crippen molar-refractivity contribution in [3.63, 3.8) is 0 Å². The number of rotatable bonds is 4. The topological polar surface area (TPSA) is 61.0 Å². The van der Waals surface area contributed by atoms with E-state index < -0.39 is 0 Å². The number of nitrogen functional groups attached to an aromatic ring is 1. The molecule has 0 unspecified atom stereocenters. The Bertz CT molecular complexity index is 482. The van der Waals surface area contributed by atoms with E-state index in [9.17, 15) is 0 Å². The molecule has 1 aromatic carbocycles. The fraction of sp³-hybridized carbons (Fsp3) is 0.231. The summed E-state index contributed by atoms with van der Waals surface area (Å²) in [4.78, 5) is 0. The molecule has 0 atom stereocenters. The van der Waals surface area contributed by atoms with E-state index in [2.05, 4.69) is 16.3 Å². The molecule has 0 spiro atoms. The second-order valence-electron chi connectivity index (χ2n) is 3.80. The van der Waals surface area contributed by atoms with Crippen molar-refractivity contribution in [1.82, 2.24) is 10.2 Å². The Hall–Kier alpha value is -2.10. The maximum atomic E-state index is 5.48. The van der Waals surface area contributed by atoms with Crippen LogP contribution in [0.3, 0.4) is 0 Å². The first-order valence-corrected chi connectivity index (χ1v) is 5.49. The number of nitrogens with zero attached hydrogens (tertiary/aromatic N) is 2. The lowest BCUT2D eigenvalue weighted by Gasteiger charge is -2.04. The van der Waals surface area contributed by atoms with Crippen molar-refractivity contribution in [2.45, 2.75) is 12.8 Å². The van der Waals surface area contributed by atoms with Crippen LogP contribution in [0.2, 0.25) is 0 Å². The number of benzene rings is 1. The highest BCUT2D eigenvalue weighted by molar-refractivity contribution is 5.29. The number of methoxy groups -OCH3 is 1. The Kier molecular flexibility index (Phi) is 3.55. The van der Waals surface area contributed by atoms with Gasteiger partial charge in [-0.25, -0.2) is 0 Å². The standard InChI is InChI=1S/C13H15N3O/c1-17-12-4-2-3-10(9-12)5-6-11-7-8-13(14)16-15-11/h2-4,7-9H,5-6H2,1H3,(H2,14,16). The van der Waals surface area contributed by atoms with Crippen LogP contribution in [0.25, 0.3) is 0 Å². The highest BCUT2D eigenvalue weighted by Crippen LogP contribution is 2.14. The zero-order valence-corrected chi connectivity index (χ0v) is 9.76. The second-order valence-corrected chi connectivity index (χ2v) is 3.80. The van der Waals surface area contributed by atoms with Crippen LogP contribution in [0.5, 0.6) is 5.75 Å². The molecule has 0 saturated heterocycles. The highest BCUT2D eigenvalue weighted by Gasteiger charge is 1.99. The third kappa shape index (κ3) is 3.17. The molecule has 0 aliphatic rings. The number of aromatic nitrogens is 2. The zero-order valence-electron chi connectivity index (χ0n) is 9.76. The van der Waals surface area contributed by atoms with Gasteiger partial charge in [-0.15, -0.1) is 5.10 Å². The van der Waals surface area contributed by atoms with Crippen LogP contribution in [-0.2, 0) is 12.8 Å². The number of ether oxygens (including phenoxy) is 1. The Morgan fingerprint density at radius 3 is 2.71 bits per heavy atom. The first kappa shape index (κ1) is 11.4. The van der Waals surface area contributed by atoms with Gasteiger partial charge in [-0.1, -0.05) is 12.1 Å². The van der Waals surface area contributed by atoms with Crippen molar-refractivity contribution in [2.24, 2.45) is 0 Å². The van der Waals surface area contributed by atoms with Gasteiger partial charge in [-0.3, -0.25) is 0 Å². The van der Waals surface area contributed by atoms with Crippen molar-refractivity contribution in [2.75, 3.05) is 12.8 Å². The van der Waals surface area contributed by atoms with E-state index in [1.54, 1.807) is 13.2 Å². The summed E-state index contributed by atoms with van der Waals surface area (Å²) in [6.45, 7) is 0. The van der Waals surface area contributed by atoms with Gasteiger partial charge in [-0.05, 0) is 42.7 Å². The van der Waals surface area contributed by atoms with E-state index in [0.717, 1.165) is 24.3 Å². The molecule has 0 fully saturated rings. The lowest BCUT2D eigenvalue weighted by atomic mass is 10.1. The van der Waals surface area contributed by atoms with Crippen LogP contribution >= 0.6 is 0 Å². The first-order valence-electron chi connectivity index (χ1n) is 5.49. The van der Waals surface area contributed by atoms with E-state index >= 15 is 0 Å². The SMILES string of the molecule is COc1cccc(CCc2ccc(N)nn2)c1. The Morgan fingerprint density at radius 1 is 1.12 bits per heavy atom. The summed E-state index contributed by atoms with van der Waals surface area (Å²) in [6, 6.07) is 11.7. The van der Waals surface area contributed by atoms with E-state index in [1.807, 2.05) is 24.3 Å². The molecule has 0 bridgehead atoms. The minimum Gasteiger partial charge on any atom is -0.497 e. The largest absolute Gasteiger partial charge is 0.497 e. The van der Waals surface area contributed by atoms with Crippen LogP contribution in [0.15, 0.2) is 36.4 Å². The van der Waals surface area contributed by atoms with Gasteiger partial charge >= 0.3 is 0 Å². The third-order valence-electron chi connectivity index (χ3n) is 2.54. The molecule has 1 aromatic heterocycles. The van der Waals surface area contributed by atoms with Crippen LogP contribution in [0.1, 0.15) is 11.3 Å². The summed E-state index contributed by atoms with van der Waals surface area (Å²) < 4.78 is 5.18. The van der Waals surface area contributed by atoms with Crippen molar-refractivity contribution in [3.8, 4) is 5.75 Å². The van der Waals surface area contributed by atoms with Gasteiger partial charge < -0.3 is 10.5 Å². The van der Waals surface area contributed by atoms with Crippen molar-refractivity contribution < 1.29 is 4.74 Å². The van der Waals surface area contributed by atoms with Crippen molar-refractivity contribution in [1.29, 1.82) is 0 Å². The zero-order chi connectivity index (χ0) is 12.1. The molecule has 4 nitrogen and oxygen atoms in total. The molecule has 0 aliphatic heterocycles. The van der Waals surface area contributed by atoms with Gasteiger partial charge in [0.25, 0.3) is 0 Å². The van der Waals surface area contributed by atoms with Gasteiger partial charge in [0.1, 0.15) is 11.6 Å². The van der Waals surface area contributed by atoms with Gasteiger partial charge in [0, 0.05) is 0 Å². The summed E-state index contributed by atoms with van der Waals surface area (Å²) in [5, 5.41) is 7.86. The van der Waals surface area contributed by atoms with E-state index in [4.69, 9.17) is 10.5 Å². The molecule has 88 valence electrons. The smallest absolute Gasteiger partial charge is 0.146 e. The number of aryl methyl sites for hydroxylation is 2. The summed E-state index contributed by atoms with van der Waals surface area (Å²) in [5.41, 5.74) is 7.65. The molecule has 0 saturated carbocycles. The molecule has 1 heterocycles. The first-order chi connectivity index (χ1) is 8.28. The number of hydrogen-bond donors (Lipinski definition) is 1. The minimum atomic E-state index is 0.454. The number of hydrogen-bond acceptors (Lipinski definition) is 4. The molecule has 4 heteroatoms. The molecule has 2 N–H and O–H groups in total. The Morgan fingerprint density at radius 2 is 2.00 bits per heavy atom. The highest BCUT2D eigenvalue weighted by atomic mass is 16.5. The molecule has 0 aliphatic carbocycles. The summed E-state index contributed by atoms with van der Waals surface area (Å²) >= 11 is 0. The minimum absolute atomic E-state index is 0.454. The average molecular weight is 229 g/mol. The predicted molar refractivity (Wildman–Crippen MR) is 66.8 cm³/mol. The van der Waals surface area contributed by atoms with Gasteiger partial charge in [0.2, 0.25) is 0 Å². The van der Waals surface area contributed by atoms with Gasteiger partial charge in [-0.2, -0.15) is 5.10 Å². The quantitative estimate of drug-likeness (QED) is 0.869. The maximum absolute atomic E-state index is 5.48. The summed E-state index contributed by atoms with van der Waals surface area (Å²) in [5.74, 6) is 1.33. The fourth-order valence-corrected chi connectivity index (χ4v) is 1.60. The molecular formula is C13H15N3O. The Balaban J connectivity index is 1.99. The Labute approximate surface area is 100 Å². The number of anilines is 1. The van der Waals surface area contributed by atoms with E-state index in [1.165, 1.54) is 5.56 Å². The lowest BCUT2D eigenvalue weighted by molar-refractivity contribution is 0.414. The fourth-order valence-electron chi connectivity index (χ4n) is 1.60. The molecule has 2 rings (SSSR count). The van der Waals surface area contributed by atoms with Crippen LogP contribution < -0.4 is 10.5 Å². The maximum Gasteiger partial charge on any atom is 0.146 e. The van der Waals surface area contributed by atoms with Crippen LogP contribution in [0.4, 0.5) is 5.82 Å². The van der Waals surface area contributed by atoms with Crippen molar-refractivity contribution >= 4 is 5.82 Å². The molecule has 0 radical (unpaired) electrons. The van der Waals surface area contributed by atoms with Gasteiger partial charge in [0.15, 0.2) is 0 Å². The van der Waals surface area contributed by atoms with Crippen LogP contribution in [0, 0.1) is 0 Å². The predicted octanol–water partition coefficient (Wildman–Crippen LogP) is 1.85. The third-order valence-corrected chi connectivity index (χ3v) is 2.54. The summed E-state index contributed by atoms with van der Waals surface area (Å²) in [7, 11) is 1.67. The second kappa shape index (κ2) is 5.30. The molecular weight excluding hydrogens is 214 g/mol. The van der Waals surface area contributed by atoms with Gasteiger partial charge in [0.05, 0.1) is 12.8 Å². The van der Waals surface area contributed by atoms with E-state index in [-0.39, 0.29) is 0 Å². The normalized spacial score (nSPS) is 10.2. The average Bonchev–Trinajstić information content (AvgIpc) is 2.38. The number of nitrogens with two attached hydrogens (primary N) is 1. The van der Waals surface area contributed by atoms with E-state index in [0.29, 0.717) is 5.82 Å².